The Morgan fingerprint density at radius 1 is 0.920 bits per heavy atom. The van der Waals surface area contributed by atoms with Crippen molar-refractivity contribution in [3.8, 4) is 5.69 Å². The molecule has 7 rings (SSSR count). The average molecular weight is 337 g/mol. The maximum absolute atomic E-state index is 13.2. The SMILES string of the molecule is O=c1n(-c2ccccc2)c(=O)n2n1[C@H]1CC[C@H]2[C@H]2[C@@H]3CCCC[C@]21C3. The van der Waals surface area contributed by atoms with Gasteiger partial charge in [0.05, 0.1) is 17.8 Å². The van der Waals surface area contributed by atoms with Gasteiger partial charge in [0.2, 0.25) is 0 Å². The number of nitrogens with zero attached hydrogens (tertiary/aromatic N) is 3. The fraction of sp³-hybridized carbons (Fsp3) is 0.600. The van der Waals surface area contributed by atoms with Gasteiger partial charge in [-0.25, -0.2) is 23.5 Å². The van der Waals surface area contributed by atoms with Gasteiger partial charge in [0.25, 0.3) is 0 Å². The van der Waals surface area contributed by atoms with Crippen LogP contribution in [0.25, 0.3) is 5.69 Å². The van der Waals surface area contributed by atoms with Gasteiger partial charge in [0.1, 0.15) is 0 Å². The van der Waals surface area contributed by atoms with Crippen molar-refractivity contribution in [2.45, 2.75) is 57.0 Å². The van der Waals surface area contributed by atoms with Crippen LogP contribution in [0.1, 0.15) is 57.0 Å². The molecule has 3 saturated carbocycles. The van der Waals surface area contributed by atoms with E-state index in [-0.39, 0.29) is 23.5 Å². The lowest BCUT2D eigenvalue weighted by atomic mass is 9.44. The normalized spacial score (nSPS) is 37.8. The molecule has 1 aromatic carbocycles. The van der Waals surface area contributed by atoms with Crippen molar-refractivity contribution in [1.29, 1.82) is 0 Å². The zero-order chi connectivity index (χ0) is 16.8. The molecule has 0 saturated heterocycles. The molecule has 4 bridgehead atoms. The molecule has 25 heavy (non-hydrogen) atoms. The predicted octanol–water partition coefficient (Wildman–Crippen LogP) is 2.89. The Balaban J connectivity index is 1.61. The first-order chi connectivity index (χ1) is 12.2. The molecule has 3 aliphatic carbocycles. The van der Waals surface area contributed by atoms with Crippen LogP contribution in [0.3, 0.4) is 0 Å². The minimum Gasteiger partial charge on any atom is -0.245 e. The molecule has 5 heteroatoms. The topological polar surface area (TPSA) is 48.9 Å². The van der Waals surface area contributed by atoms with E-state index in [9.17, 15) is 9.59 Å². The van der Waals surface area contributed by atoms with Gasteiger partial charge in [-0.2, -0.15) is 0 Å². The Kier molecular flexibility index (Phi) is 2.59. The minimum atomic E-state index is -0.135. The van der Waals surface area contributed by atoms with Gasteiger partial charge in [0, 0.05) is 0 Å². The summed E-state index contributed by atoms with van der Waals surface area (Å²) in [5.41, 5.74) is 0.718. The van der Waals surface area contributed by atoms with E-state index in [0.29, 0.717) is 17.0 Å². The van der Waals surface area contributed by atoms with Crippen LogP contribution in [0.15, 0.2) is 39.9 Å². The van der Waals surface area contributed by atoms with Crippen LogP contribution in [-0.4, -0.2) is 13.9 Å². The second-order valence-corrected chi connectivity index (χ2v) is 8.55. The average Bonchev–Trinajstić information content (AvgIpc) is 2.81. The molecule has 0 amide bonds. The number of fused-ring (bicyclic) bond motifs is 1. The summed E-state index contributed by atoms with van der Waals surface area (Å²) >= 11 is 0. The quantitative estimate of drug-likeness (QED) is 0.803. The first-order valence-electron chi connectivity index (χ1n) is 9.74. The van der Waals surface area contributed by atoms with E-state index in [1.807, 2.05) is 39.7 Å². The van der Waals surface area contributed by atoms with Crippen molar-refractivity contribution in [2.75, 3.05) is 0 Å². The van der Waals surface area contributed by atoms with Crippen LogP contribution in [0, 0.1) is 17.3 Å². The summed E-state index contributed by atoms with van der Waals surface area (Å²) in [7, 11) is 0. The molecule has 3 heterocycles. The molecule has 5 atom stereocenters. The van der Waals surface area contributed by atoms with Crippen LogP contribution in [0.2, 0.25) is 0 Å². The number of aromatic nitrogens is 3. The Labute approximate surface area is 145 Å². The van der Waals surface area contributed by atoms with E-state index in [1.165, 1.54) is 36.7 Å². The molecule has 0 N–H and O–H groups in total. The van der Waals surface area contributed by atoms with Gasteiger partial charge in [-0.05, 0) is 55.1 Å². The van der Waals surface area contributed by atoms with E-state index in [2.05, 4.69) is 0 Å². The highest BCUT2D eigenvalue weighted by molar-refractivity contribution is 5.31. The van der Waals surface area contributed by atoms with Gasteiger partial charge in [-0.15, -0.1) is 0 Å². The fourth-order valence-corrected chi connectivity index (χ4v) is 6.98. The maximum Gasteiger partial charge on any atom is 0.352 e. The van der Waals surface area contributed by atoms with Crippen LogP contribution >= 0.6 is 0 Å². The van der Waals surface area contributed by atoms with E-state index in [4.69, 9.17) is 0 Å². The molecule has 1 aromatic heterocycles. The summed E-state index contributed by atoms with van der Waals surface area (Å²) < 4.78 is 5.11. The largest absolute Gasteiger partial charge is 0.352 e. The number of hydrogen-bond donors (Lipinski definition) is 0. The summed E-state index contributed by atoms with van der Waals surface area (Å²) in [6.45, 7) is 0. The van der Waals surface area contributed by atoms with Crippen molar-refractivity contribution in [3.63, 3.8) is 0 Å². The highest BCUT2D eigenvalue weighted by Crippen LogP contribution is 2.71. The maximum atomic E-state index is 13.2. The smallest absolute Gasteiger partial charge is 0.245 e. The number of benzene rings is 1. The highest BCUT2D eigenvalue weighted by atomic mass is 16.2. The molecule has 5 aliphatic rings. The van der Waals surface area contributed by atoms with Crippen molar-refractivity contribution in [3.05, 3.63) is 51.3 Å². The number of para-hydroxylation sites is 1. The van der Waals surface area contributed by atoms with Gasteiger partial charge < -0.3 is 0 Å². The first kappa shape index (κ1) is 14.2. The van der Waals surface area contributed by atoms with Crippen LogP contribution < -0.4 is 11.4 Å². The summed E-state index contributed by atoms with van der Waals surface area (Å²) in [4.78, 5) is 26.5. The van der Waals surface area contributed by atoms with E-state index in [0.717, 1.165) is 18.8 Å². The molecule has 130 valence electrons. The third-order valence-electron chi connectivity index (χ3n) is 7.73. The van der Waals surface area contributed by atoms with Gasteiger partial charge in [-0.3, -0.25) is 0 Å². The van der Waals surface area contributed by atoms with Crippen molar-refractivity contribution >= 4 is 0 Å². The van der Waals surface area contributed by atoms with Crippen molar-refractivity contribution in [2.24, 2.45) is 17.3 Å². The molecular formula is C20H23N3O2. The second kappa shape index (κ2) is 4.57. The summed E-state index contributed by atoms with van der Waals surface area (Å²) in [6.07, 6.45) is 8.56. The number of rotatable bonds is 1. The highest BCUT2D eigenvalue weighted by Gasteiger charge is 2.67. The molecule has 2 aromatic rings. The van der Waals surface area contributed by atoms with Gasteiger partial charge in [-0.1, -0.05) is 37.5 Å². The lowest BCUT2D eigenvalue weighted by molar-refractivity contribution is -0.181. The monoisotopic (exact) mass is 337 g/mol. The Morgan fingerprint density at radius 2 is 1.72 bits per heavy atom. The first-order valence-corrected chi connectivity index (χ1v) is 9.74. The lowest BCUT2D eigenvalue weighted by Crippen LogP contribution is -2.64. The minimum absolute atomic E-state index is 0.133. The summed E-state index contributed by atoms with van der Waals surface area (Å²) in [5.74, 6) is 1.39. The van der Waals surface area contributed by atoms with E-state index >= 15 is 0 Å². The number of hydrogen-bond acceptors (Lipinski definition) is 2. The molecule has 0 spiro atoms. The Morgan fingerprint density at radius 3 is 2.56 bits per heavy atom. The van der Waals surface area contributed by atoms with Gasteiger partial charge in [0.15, 0.2) is 0 Å². The summed E-state index contributed by atoms with van der Waals surface area (Å²) in [6, 6.07) is 9.85. The van der Waals surface area contributed by atoms with Crippen molar-refractivity contribution < 1.29 is 0 Å². The zero-order valence-corrected chi connectivity index (χ0v) is 14.3. The zero-order valence-electron chi connectivity index (χ0n) is 14.3. The Hall–Kier alpha value is -2.04. The Bertz CT molecular complexity index is 965. The molecule has 0 unspecified atom stereocenters. The third kappa shape index (κ3) is 1.52. The van der Waals surface area contributed by atoms with Crippen LogP contribution in [0.5, 0.6) is 0 Å². The van der Waals surface area contributed by atoms with Gasteiger partial charge >= 0.3 is 11.4 Å². The molecule has 3 fully saturated rings. The summed E-state index contributed by atoms with van der Waals surface area (Å²) in [5, 5.41) is 0. The van der Waals surface area contributed by atoms with Crippen molar-refractivity contribution in [1.82, 2.24) is 13.9 Å². The molecule has 2 aliphatic heterocycles. The van der Waals surface area contributed by atoms with E-state index in [1.54, 1.807) is 0 Å². The third-order valence-corrected chi connectivity index (χ3v) is 7.73. The standard InChI is InChI=1S/C20H23N3O2/c24-18-21(14-7-2-1-3-8-14)19(25)23-16-10-9-15(22(18)23)17-13-6-4-5-11-20(16,17)12-13/h1-3,7-8,13,15-17H,4-6,9-12H2/t13-,15+,16+,17-,20-/m1/s1. The molecular weight excluding hydrogens is 314 g/mol. The molecule has 5 nitrogen and oxygen atoms in total. The predicted molar refractivity (Wildman–Crippen MR) is 94.1 cm³/mol. The second-order valence-electron chi connectivity index (χ2n) is 8.55. The molecule has 0 radical (unpaired) electrons. The lowest BCUT2D eigenvalue weighted by Gasteiger charge is -2.66. The fourth-order valence-electron chi connectivity index (χ4n) is 6.98. The van der Waals surface area contributed by atoms with Crippen LogP contribution in [-0.2, 0) is 0 Å². The van der Waals surface area contributed by atoms with Crippen LogP contribution in [0.4, 0.5) is 0 Å². The van der Waals surface area contributed by atoms with E-state index < -0.39 is 0 Å².